The van der Waals surface area contributed by atoms with Gasteiger partial charge in [-0.05, 0) is 49.7 Å². The van der Waals surface area contributed by atoms with Gasteiger partial charge in [-0.3, -0.25) is 0 Å². The predicted octanol–water partition coefficient (Wildman–Crippen LogP) is 4.17. The van der Waals surface area contributed by atoms with Crippen molar-refractivity contribution in [3.8, 4) is 0 Å². The Morgan fingerprint density at radius 3 is 2.48 bits per heavy atom. The highest BCUT2D eigenvalue weighted by atomic mass is 79.9. The molecule has 2 rings (SSSR count). The van der Waals surface area contributed by atoms with Gasteiger partial charge in [0.1, 0.15) is 17.2 Å². The van der Waals surface area contributed by atoms with E-state index in [-0.39, 0.29) is 22.3 Å². The average Bonchev–Trinajstić information content (AvgIpc) is 2.41. The molecule has 1 heterocycles. The van der Waals surface area contributed by atoms with Crippen LogP contribution in [0.5, 0.6) is 0 Å². The lowest BCUT2D eigenvalue weighted by molar-refractivity contribution is 0.0218. The normalized spacial score (nSPS) is 19.0. The summed E-state index contributed by atoms with van der Waals surface area (Å²) in [6.07, 6.45) is -0.383. The number of carbonyl (C=O) groups excluding carboxylic acids is 1. The van der Waals surface area contributed by atoms with E-state index in [0.29, 0.717) is 19.6 Å². The van der Waals surface area contributed by atoms with Gasteiger partial charge in [0, 0.05) is 31.7 Å². The maximum atomic E-state index is 14.1. The second-order valence-corrected chi connectivity index (χ2v) is 7.54. The van der Waals surface area contributed by atoms with Gasteiger partial charge in [-0.1, -0.05) is 0 Å². The summed E-state index contributed by atoms with van der Waals surface area (Å²) in [6.45, 7) is 8.51. The minimum absolute atomic E-state index is 0.0961. The monoisotopic (exact) mass is 390 g/mol. The molecule has 1 amide bonds. The molecular weight excluding hydrogens is 370 g/mol. The molecule has 128 valence electrons. The lowest BCUT2D eigenvalue weighted by Gasteiger charge is -2.41. The second kappa shape index (κ2) is 6.63. The van der Waals surface area contributed by atoms with Crippen molar-refractivity contribution in [2.24, 2.45) is 0 Å². The molecule has 0 N–H and O–H groups in total. The van der Waals surface area contributed by atoms with Crippen molar-refractivity contribution in [1.82, 2.24) is 4.90 Å². The summed E-state index contributed by atoms with van der Waals surface area (Å²) >= 11 is 2.97. The van der Waals surface area contributed by atoms with Crippen molar-refractivity contribution in [2.45, 2.75) is 39.3 Å². The zero-order chi connectivity index (χ0) is 17.4. The number of nitrogens with zero attached hydrogens (tertiary/aromatic N) is 2. The van der Waals surface area contributed by atoms with Gasteiger partial charge in [0.2, 0.25) is 0 Å². The number of ether oxygens (including phenoxy) is 1. The van der Waals surface area contributed by atoms with Crippen molar-refractivity contribution in [3.05, 3.63) is 28.2 Å². The lowest BCUT2D eigenvalue weighted by atomic mass is 10.1. The highest BCUT2D eigenvalue weighted by Crippen LogP contribution is 2.29. The molecule has 1 aliphatic heterocycles. The van der Waals surface area contributed by atoms with E-state index in [4.69, 9.17) is 4.74 Å². The van der Waals surface area contributed by atoms with Crippen LogP contribution in [-0.2, 0) is 4.74 Å². The highest BCUT2D eigenvalue weighted by Gasteiger charge is 2.31. The number of hydrogen-bond acceptors (Lipinski definition) is 3. The number of halogens is 3. The fourth-order valence-electron chi connectivity index (χ4n) is 2.54. The van der Waals surface area contributed by atoms with Gasteiger partial charge in [0.25, 0.3) is 0 Å². The first-order valence-electron chi connectivity index (χ1n) is 7.47. The summed E-state index contributed by atoms with van der Waals surface area (Å²) in [5, 5.41) is 0. The molecule has 7 heteroatoms. The van der Waals surface area contributed by atoms with E-state index in [1.165, 1.54) is 6.07 Å². The van der Waals surface area contributed by atoms with Gasteiger partial charge in [-0.15, -0.1) is 0 Å². The molecule has 0 bridgehead atoms. The fraction of sp³-hybridized carbons (Fsp3) is 0.562. The molecule has 1 aromatic carbocycles. The number of hydrogen-bond donors (Lipinski definition) is 0. The van der Waals surface area contributed by atoms with Gasteiger partial charge >= 0.3 is 6.09 Å². The molecule has 0 aromatic heterocycles. The quantitative estimate of drug-likeness (QED) is 0.674. The number of anilines is 1. The Labute approximate surface area is 143 Å². The first-order chi connectivity index (χ1) is 10.6. The van der Waals surface area contributed by atoms with Gasteiger partial charge < -0.3 is 14.5 Å². The summed E-state index contributed by atoms with van der Waals surface area (Å²) in [7, 11) is 0. The maximum absolute atomic E-state index is 14.1. The van der Waals surface area contributed by atoms with Crippen LogP contribution < -0.4 is 4.90 Å². The van der Waals surface area contributed by atoms with Gasteiger partial charge in [0.05, 0.1) is 10.2 Å². The molecule has 0 unspecified atom stereocenters. The number of benzene rings is 1. The Kier molecular flexibility index (Phi) is 5.18. The maximum Gasteiger partial charge on any atom is 0.410 e. The van der Waals surface area contributed by atoms with Crippen molar-refractivity contribution in [3.63, 3.8) is 0 Å². The molecule has 0 radical (unpaired) electrons. The highest BCUT2D eigenvalue weighted by molar-refractivity contribution is 9.10. The van der Waals surface area contributed by atoms with Crippen LogP contribution in [0.25, 0.3) is 0 Å². The summed E-state index contributed by atoms with van der Waals surface area (Å²) in [4.78, 5) is 15.5. The van der Waals surface area contributed by atoms with Crippen molar-refractivity contribution in [2.75, 3.05) is 24.5 Å². The van der Waals surface area contributed by atoms with E-state index in [1.807, 2.05) is 27.7 Å². The molecule has 1 fully saturated rings. The van der Waals surface area contributed by atoms with Crippen molar-refractivity contribution >= 4 is 27.7 Å². The molecule has 1 saturated heterocycles. The molecule has 1 aromatic rings. The first-order valence-corrected chi connectivity index (χ1v) is 8.27. The minimum atomic E-state index is -0.557. The van der Waals surface area contributed by atoms with Crippen LogP contribution in [0.1, 0.15) is 27.7 Å². The van der Waals surface area contributed by atoms with Gasteiger partial charge in [-0.2, -0.15) is 0 Å². The lowest BCUT2D eigenvalue weighted by Crippen LogP contribution is -2.54. The average molecular weight is 391 g/mol. The van der Waals surface area contributed by atoms with E-state index in [0.717, 1.165) is 6.07 Å². The molecule has 0 spiro atoms. The van der Waals surface area contributed by atoms with E-state index in [2.05, 4.69) is 15.9 Å². The van der Waals surface area contributed by atoms with Crippen LogP contribution in [0, 0.1) is 11.6 Å². The third-order valence-corrected chi connectivity index (χ3v) is 4.19. The molecule has 1 aliphatic rings. The number of carbonyl (C=O) groups is 1. The topological polar surface area (TPSA) is 32.8 Å². The zero-order valence-electron chi connectivity index (χ0n) is 13.7. The van der Waals surface area contributed by atoms with Crippen LogP contribution in [0.3, 0.4) is 0 Å². The summed E-state index contributed by atoms with van der Waals surface area (Å²) in [6, 6.07) is 2.16. The van der Waals surface area contributed by atoms with Crippen LogP contribution >= 0.6 is 15.9 Å². The van der Waals surface area contributed by atoms with E-state index in [9.17, 15) is 13.6 Å². The summed E-state index contributed by atoms with van der Waals surface area (Å²) < 4.78 is 33.3. The van der Waals surface area contributed by atoms with Gasteiger partial charge in [0.15, 0.2) is 0 Å². The molecule has 0 aliphatic carbocycles. The Balaban J connectivity index is 2.10. The smallest absolute Gasteiger partial charge is 0.410 e. The largest absolute Gasteiger partial charge is 0.444 e. The first kappa shape index (κ1) is 18.0. The SMILES string of the molecule is C[C@H]1CN(C(=O)OC(C)(C)C)CCN1c1cc(F)c(Br)cc1F. The van der Waals surface area contributed by atoms with Crippen molar-refractivity contribution in [1.29, 1.82) is 0 Å². The zero-order valence-corrected chi connectivity index (χ0v) is 15.3. The Morgan fingerprint density at radius 2 is 1.91 bits per heavy atom. The minimum Gasteiger partial charge on any atom is -0.444 e. The second-order valence-electron chi connectivity index (χ2n) is 6.69. The Hall–Kier alpha value is -1.37. The molecule has 4 nitrogen and oxygen atoms in total. The van der Waals surface area contributed by atoms with E-state index >= 15 is 0 Å². The Bertz CT molecular complexity index is 604. The Morgan fingerprint density at radius 1 is 1.26 bits per heavy atom. The van der Waals surface area contributed by atoms with Crippen LogP contribution in [0.15, 0.2) is 16.6 Å². The third kappa shape index (κ3) is 4.34. The number of piperazine rings is 1. The molecular formula is C16H21BrF2N2O2. The van der Waals surface area contributed by atoms with Crippen molar-refractivity contribution < 1.29 is 18.3 Å². The number of amides is 1. The fourth-order valence-corrected chi connectivity index (χ4v) is 2.86. The predicted molar refractivity (Wildman–Crippen MR) is 88.7 cm³/mol. The molecule has 23 heavy (non-hydrogen) atoms. The van der Waals surface area contributed by atoms with Crippen LogP contribution in [0.4, 0.5) is 19.3 Å². The standard InChI is InChI=1S/C16H21BrF2N2O2/c1-10-9-20(15(22)23-16(2,3)4)5-6-21(10)14-8-12(18)11(17)7-13(14)19/h7-8,10H,5-6,9H2,1-4H3/t10-/m0/s1. The number of rotatable bonds is 1. The molecule has 1 atom stereocenters. The molecule has 0 saturated carbocycles. The van der Waals surface area contributed by atoms with Crippen LogP contribution in [0.2, 0.25) is 0 Å². The van der Waals surface area contributed by atoms with E-state index in [1.54, 1.807) is 9.80 Å². The van der Waals surface area contributed by atoms with Crippen LogP contribution in [-0.4, -0.2) is 42.3 Å². The summed E-state index contributed by atoms with van der Waals surface area (Å²) in [5.41, 5.74) is -0.347. The van der Waals surface area contributed by atoms with E-state index < -0.39 is 17.2 Å². The third-order valence-electron chi connectivity index (χ3n) is 3.58. The summed E-state index contributed by atoms with van der Waals surface area (Å²) in [5.74, 6) is -1.00. The van der Waals surface area contributed by atoms with Gasteiger partial charge in [-0.25, -0.2) is 13.6 Å².